The van der Waals surface area contributed by atoms with Crippen molar-refractivity contribution in [3.63, 3.8) is 0 Å². The molecular weight excluding hydrogens is 215 g/mol. The van der Waals surface area contributed by atoms with E-state index in [1.54, 1.807) is 24.3 Å². The average molecular weight is 221 g/mol. The van der Waals surface area contributed by atoms with E-state index in [0.29, 0.717) is 15.8 Å². The number of hydrogen-bond acceptors (Lipinski definition) is 2. The Morgan fingerprint density at radius 1 is 1.33 bits per heavy atom. The van der Waals surface area contributed by atoms with Gasteiger partial charge in [-0.05, 0) is 36.5 Å². The second-order valence-corrected chi connectivity index (χ2v) is 3.22. The Kier molecular flexibility index (Phi) is 3.79. The van der Waals surface area contributed by atoms with Gasteiger partial charge in [-0.2, -0.15) is 0 Å². The topological polar surface area (TPSA) is 9.23 Å². The quantitative estimate of drug-likeness (QED) is 0.559. The molecule has 1 rings (SSSR count). The van der Waals surface area contributed by atoms with Crippen molar-refractivity contribution in [3.8, 4) is 5.75 Å². The van der Waals surface area contributed by atoms with Crippen LogP contribution in [0, 0.1) is 0 Å². The zero-order chi connectivity index (χ0) is 8.97. The van der Waals surface area contributed by atoms with Gasteiger partial charge in [0.25, 0.3) is 0 Å². The third-order valence-electron chi connectivity index (χ3n) is 1.15. The van der Waals surface area contributed by atoms with E-state index in [9.17, 15) is 0 Å². The summed E-state index contributed by atoms with van der Waals surface area (Å²) >= 11 is 15.9. The Morgan fingerprint density at radius 2 is 1.92 bits per heavy atom. The molecule has 4 heteroatoms. The fourth-order valence-corrected chi connectivity index (χ4v) is 0.938. The predicted octanol–water partition coefficient (Wildman–Crippen LogP) is 3.29. The molecule has 0 aliphatic rings. The van der Waals surface area contributed by atoms with Gasteiger partial charge >= 0.3 is 0 Å². The summed E-state index contributed by atoms with van der Waals surface area (Å²) in [6.45, 7) is 0. The molecule has 0 saturated carbocycles. The van der Waals surface area contributed by atoms with Gasteiger partial charge in [0.1, 0.15) is 5.75 Å². The third kappa shape index (κ3) is 2.97. The monoisotopic (exact) mass is 220 g/mol. The maximum Gasteiger partial charge on any atom is 0.182 e. The minimum absolute atomic E-state index is 0.220. The molecule has 1 aromatic rings. The average Bonchev–Trinajstić information content (AvgIpc) is 2.09. The SMILES string of the molecule is S=C(CCl)Oc1ccc(Cl)cc1. The van der Waals surface area contributed by atoms with Crippen molar-refractivity contribution in [1.29, 1.82) is 0 Å². The molecule has 0 bridgehead atoms. The van der Waals surface area contributed by atoms with Gasteiger partial charge in [0.2, 0.25) is 0 Å². The number of hydrogen-bond donors (Lipinski definition) is 0. The van der Waals surface area contributed by atoms with Crippen LogP contribution >= 0.6 is 35.4 Å². The van der Waals surface area contributed by atoms with Gasteiger partial charge in [-0.1, -0.05) is 11.6 Å². The lowest BCUT2D eigenvalue weighted by Crippen LogP contribution is -2.05. The highest BCUT2D eigenvalue weighted by Crippen LogP contribution is 2.15. The van der Waals surface area contributed by atoms with Gasteiger partial charge in [0, 0.05) is 5.02 Å². The summed E-state index contributed by atoms with van der Waals surface area (Å²) in [5, 5.41) is 1.03. The Hall–Kier alpha value is -0.310. The number of benzene rings is 1. The number of thiocarbonyl (C=S) groups is 1. The first-order chi connectivity index (χ1) is 5.72. The highest BCUT2D eigenvalue weighted by atomic mass is 35.5. The molecule has 12 heavy (non-hydrogen) atoms. The lowest BCUT2D eigenvalue weighted by molar-refractivity contribution is 0.562. The highest BCUT2D eigenvalue weighted by molar-refractivity contribution is 7.80. The van der Waals surface area contributed by atoms with Crippen molar-refractivity contribution in [2.75, 3.05) is 5.88 Å². The molecule has 0 atom stereocenters. The molecule has 0 N–H and O–H groups in total. The number of rotatable bonds is 2. The smallest absolute Gasteiger partial charge is 0.182 e. The summed E-state index contributed by atoms with van der Waals surface area (Å²) in [6, 6.07) is 6.93. The normalized spacial score (nSPS) is 9.50. The molecule has 0 spiro atoms. The van der Waals surface area contributed by atoms with Crippen LogP contribution < -0.4 is 4.74 Å². The van der Waals surface area contributed by atoms with Gasteiger partial charge < -0.3 is 4.74 Å². The van der Waals surface area contributed by atoms with Crippen LogP contribution in [0.2, 0.25) is 5.02 Å². The van der Waals surface area contributed by atoms with Gasteiger partial charge in [-0.15, -0.1) is 11.6 Å². The highest BCUT2D eigenvalue weighted by Gasteiger charge is 1.97. The van der Waals surface area contributed by atoms with Crippen LogP contribution in [-0.4, -0.2) is 10.9 Å². The predicted molar refractivity (Wildman–Crippen MR) is 55.4 cm³/mol. The molecule has 0 aromatic heterocycles. The molecular formula is C8H6Cl2OS. The molecule has 64 valence electrons. The van der Waals surface area contributed by atoms with Crippen LogP contribution in [0.15, 0.2) is 24.3 Å². The van der Waals surface area contributed by atoms with Crippen LogP contribution in [0.3, 0.4) is 0 Å². The molecule has 0 aliphatic heterocycles. The molecule has 0 saturated heterocycles. The first-order valence-corrected chi connectivity index (χ1v) is 4.56. The first kappa shape index (κ1) is 9.78. The van der Waals surface area contributed by atoms with Crippen molar-refractivity contribution < 1.29 is 4.74 Å². The molecule has 1 nitrogen and oxygen atoms in total. The standard InChI is InChI=1S/C8H6Cl2OS/c9-5-8(12)11-7-3-1-6(10)2-4-7/h1-4H,5H2. The first-order valence-electron chi connectivity index (χ1n) is 3.24. The molecule has 0 unspecified atom stereocenters. The molecule has 0 aliphatic carbocycles. The summed E-state index contributed by atoms with van der Waals surface area (Å²) < 4.78 is 5.16. The lowest BCUT2D eigenvalue weighted by Gasteiger charge is -2.03. The van der Waals surface area contributed by atoms with Crippen LogP contribution in [-0.2, 0) is 0 Å². The molecule has 0 radical (unpaired) electrons. The van der Waals surface area contributed by atoms with E-state index in [-0.39, 0.29) is 5.88 Å². The van der Waals surface area contributed by atoms with Crippen molar-refractivity contribution in [2.45, 2.75) is 0 Å². The van der Waals surface area contributed by atoms with Gasteiger partial charge in [-0.25, -0.2) is 0 Å². The fraction of sp³-hybridized carbons (Fsp3) is 0.125. The van der Waals surface area contributed by atoms with Crippen molar-refractivity contribution >= 4 is 40.5 Å². The molecule has 0 amide bonds. The maximum atomic E-state index is 5.67. The number of alkyl halides is 1. The summed E-state index contributed by atoms with van der Waals surface area (Å²) in [5.41, 5.74) is 0. The molecule has 1 aromatic carbocycles. The van der Waals surface area contributed by atoms with Crippen LogP contribution in [0.25, 0.3) is 0 Å². The Balaban J connectivity index is 2.64. The Labute approximate surface area is 86.2 Å². The van der Waals surface area contributed by atoms with E-state index < -0.39 is 0 Å². The lowest BCUT2D eigenvalue weighted by atomic mass is 10.3. The largest absolute Gasteiger partial charge is 0.449 e. The summed E-state index contributed by atoms with van der Waals surface area (Å²) in [4.78, 5) is 0. The van der Waals surface area contributed by atoms with E-state index in [0.717, 1.165) is 0 Å². The third-order valence-corrected chi connectivity index (χ3v) is 2.04. The van der Waals surface area contributed by atoms with E-state index >= 15 is 0 Å². The van der Waals surface area contributed by atoms with Crippen LogP contribution in [0.5, 0.6) is 5.75 Å². The minimum Gasteiger partial charge on any atom is -0.449 e. The number of ether oxygens (including phenoxy) is 1. The van der Waals surface area contributed by atoms with Crippen molar-refractivity contribution in [3.05, 3.63) is 29.3 Å². The van der Waals surface area contributed by atoms with Crippen LogP contribution in [0.1, 0.15) is 0 Å². The summed E-state index contributed by atoms with van der Waals surface area (Å²) in [7, 11) is 0. The van der Waals surface area contributed by atoms with Crippen molar-refractivity contribution in [1.82, 2.24) is 0 Å². The Morgan fingerprint density at radius 3 is 2.42 bits per heavy atom. The summed E-state index contributed by atoms with van der Waals surface area (Å²) in [6.07, 6.45) is 0. The Bertz CT molecular complexity index is 271. The van der Waals surface area contributed by atoms with Crippen LogP contribution in [0.4, 0.5) is 0 Å². The summed E-state index contributed by atoms with van der Waals surface area (Å²) in [5.74, 6) is 0.878. The van der Waals surface area contributed by atoms with Gasteiger partial charge in [0.15, 0.2) is 5.05 Å². The molecule has 0 fully saturated rings. The minimum atomic E-state index is 0.220. The maximum absolute atomic E-state index is 5.67. The van der Waals surface area contributed by atoms with E-state index in [2.05, 4.69) is 0 Å². The zero-order valence-corrected chi connectivity index (χ0v) is 8.42. The van der Waals surface area contributed by atoms with Gasteiger partial charge in [0.05, 0.1) is 5.88 Å². The van der Waals surface area contributed by atoms with Crippen molar-refractivity contribution in [2.24, 2.45) is 0 Å². The second kappa shape index (κ2) is 4.65. The van der Waals surface area contributed by atoms with E-state index in [4.69, 9.17) is 40.2 Å². The van der Waals surface area contributed by atoms with E-state index in [1.165, 1.54) is 0 Å². The molecule has 0 heterocycles. The number of halogens is 2. The zero-order valence-electron chi connectivity index (χ0n) is 6.09. The van der Waals surface area contributed by atoms with Gasteiger partial charge in [-0.3, -0.25) is 0 Å². The fourth-order valence-electron chi connectivity index (χ4n) is 0.661. The second-order valence-electron chi connectivity index (χ2n) is 2.06. The van der Waals surface area contributed by atoms with E-state index in [1.807, 2.05) is 0 Å².